The average Bonchev–Trinajstić information content (AvgIpc) is 3.30. The van der Waals surface area contributed by atoms with Crippen LogP contribution < -0.4 is 16.6 Å². The van der Waals surface area contributed by atoms with Crippen LogP contribution in [0.2, 0.25) is 0 Å². The number of primary amides is 2. The fourth-order valence-electron chi connectivity index (χ4n) is 5.50. The van der Waals surface area contributed by atoms with Crippen LogP contribution in [0.5, 0.6) is 0 Å². The summed E-state index contributed by atoms with van der Waals surface area (Å²) in [6.45, 7) is 0.823. The van der Waals surface area contributed by atoms with Crippen LogP contribution in [0.3, 0.4) is 0 Å². The minimum absolute atomic E-state index is 0.0801. The minimum atomic E-state index is -2.08. The van der Waals surface area contributed by atoms with E-state index in [1.54, 1.807) is 0 Å². The molecule has 4 aliphatic rings. The molecule has 248 valence electrons. The van der Waals surface area contributed by atoms with Gasteiger partial charge in [0.1, 0.15) is 11.6 Å². The number of ketones is 2. The first-order valence-corrected chi connectivity index (χ1v) is 14.0. The normalized spacial score (nSPS) is 22.3. The lowest BCUT2D eigenvalue weighted by Gasteiger charge is -2.31. The number of Topliss-reactive ketones (excluding diaryl/α,β-unsaturated/α-hetero) is 2. The van der Waals surface area contributed by atoms with Crippen molar-refractivity contribution in [1.29, 1.82) is 0 Å². The molecule has 0 aromatic heterocycles. The Morgan fingerprint density at radius 3 is 1.12 bits per heavy atom. The molecule has 43 heavy (non-hydrogen) atoms. The summed E-state index contributed by atoms with van der Waals surface area (Å²) in [6, 6.07) is -0.833. The van der Waals surface area contributed by atoms with E-state index in [9.17, 15) is 19.2 Å². The lowest BCUT2D eigenvalue weighted by Crippen LogP contribution is -2.25. The predicted molar refractivity (Wildman–Crippen MR) is 146 cm³/mol. The molecular weight excluding hydrogens is 576 g/mol. The van der Waals surface area contributed by atoms with Crippen molar-refractivity contribution in [2.45, 2.75) is 89.9 Å². The summed E-state index contributed by atoms with van der Waals surface area (Å²) in [7, 11) is 0. The number of rotatable bonds is 2. The Labute approximate surface area is 249 Å². The molecule has 4 fully saturated rings. The summed E-state index contributed by atoms with van der Waals surface area (Å²) in [4.78, 5) is 70.2. The fraction of sp³-hybridized carbons (Fsp3) is 0.741. The number of ether oxygens (including phenoxy) is 2. The molecule has 0 bridgehead atoms. The van der Waals surface area contributed by atoms with Crippen molar-refractivity contribution in [3.8, 4) is 0 Å². The molecule has 2 amide bonds. The van der Waals surface area contributed by atoms with E-state index in [2.05, 4.69) is 11.5 Å². The molecule has 2 aliphatic carbocycles. The molecule has 4 rings (SSSR count). The highest BCUT2D eigenvalue weighted by Gasteiger charge is 2.29. The van der Waals surface area contributed by atoms with Gasteiger partial charge in [-0.25, -0.2) is 4.79 Å². The number of urea groups is 1. The summed E-state index contributed by atoms with van der Waals surface area (Å²) < 4.78 is 10.1. The van der Waals surface area contributed by atoms with Crippen LogP contribution in [0.15, 0.2) is 0 Å². The molecule has 16 nitrogen and oxygen atoms in total. The zero-order valence-corrected chi connectivity index (χ0v) is 24.2. The summed E-state index contributed by atoms with van der Waals surface area (Å²) in [5.41, 5.74) is 8.50. The van der Waals surface area contributed by atoms with Crippen LogP contribution in [-0.2, 0) is 33.4 Å². The van der Waals surface area contributed by atoms with Crippen LogP contribution in [0.25, 0.3) is 0 Å². The van der Waals surface area contributed by atoms with Crippen LogP contribution >= 0.6 is 0 Å². The van der Waals surface area contributed by atoms with E-state index in [1.165, 1.54) is 0 Å². The molecule has 2 saturated carbocycles. The summed E-state index contributed by atoms with van der Waals surface area (Å²) in [6.07, 6.45) is 10.1. The molecule has 0 aromatic rings. The molecule has 0 spiro atoms. The summed E-state index contributed by atoms with van der Waals surface area (Å²) in [5, 5.41) is 34.2. The van der Waals surface area contributed by atoms with E-state index in [4.69, 9.17) is 49.7 Å². The minimum Gasteiger partial charge on any atom is -0.565 e. The number of carbonyl (C=O) groups excluding carboxylic acids is 5. The third-order valence-electron chi connectivity index (χ3n) is 7.45. The topological polar surface area (TPSA) is 294 Å². The van der Waals surface area contributed by atoms with Gasteiger partial charge < -0.3 is 41.1 Å². The van der Waals surface area contributed by atoms with Gasteiger partial charge in [-0.15, -0.1) is 0 Å². The monoisotopic (exact) mass is 621 g/mol. The Hall–Kier alpha value is -3.79. The number of hydrogen-bond donors (Lipinski definition) is 6. The van der Waals surface area contributed by atoms with Crippen molar-refractivity contribution in [2.24, 2.45) is 35.1 Å². The molecule has 2 heterocycles. The second-order valence-electron chi connectivity index (χ2n) is 10.1. The maximum absolute atomic E-state index is 11.1. The van der Waals surface area contributed by atoms with Crippen LogP contribution in [0.1, 0.15) is 89.9 Å². The van der Waals surface area contributed by atoms with E-state index in [0.29, 0.717) is 49.5 Å². The number of cyclic esters (lactones) is 2. The number of hydrogen-bond acceptors (Lipinski definition) is 12. The Bertz CT molecular complexity index is 773. The van der Waals surface area contributed by atoms with Crippen molar-refractivity contribution in [3.63, 3.8) is 0 Å². The Morgan fingerprint density at radius 1 is 0.651 bits per heavy atom. The van der Waals surface area contributed by atoms with E-state index < -0.39 is 12.2 Å². The Morgan fingerprint density at radius 2 is 0.860 bits per heavy atom. The Kier molecular flexibility index (Phi) is 24.9. The van der Waals surface area contributed by atoms with Gasteiger partial charge in [0.05, 0.1) is 13.2 Å². The zero-order valence-electron chi connectivity index (χ0n) is 24.2. The molecule has 0 radical (unpaired) electrons. The van der Waals surface area contributed by atoms with Crippen molar-refractivity contribution >= 4 is 42.2 Å². The van der Waals surface area contributed by atoms with Crippen molar-refractivity contribution in [1.82, 2.24) is 0 Å². The standard InChI is InChI=1S/C12H18O4.C12H18O2.CH4N2O.CH2O3.CH2O2.H2O2/c13-11-3-1-9(5-7-15-11)10-2-4-12(14)16-8-6-10;13-11-5-1-9(2-6-11)10-3-7-12(14)8-4-10;2*2-1(3)4;2-1-3;1-2/h9-10H,1-8H2;9-10H,1-8H2;(H4,2,3,4);(H2,2,3,4);1H,(H,2,3);1-2H/p-1. The second-order valence-corrected chi connectivity index (χ2v) is 10.1. The summed E-state index contributed by atoms with van der Waals surface area (Å²) >= 11 is 0. The largest absolute Gasteiger partial charge is 0.565 e. The third-order valence-corrected chi connectivity index (χ3v) is 7.45. The molecule has 16 heteroatoms. The number of carbonyl (C=O) groups is 7. The lowest BCUT2D eigenvalue weighted by atomic mass is 9.73. The maximum atomic E-state index is 11.1. The van der Waals surface area contributed by atoms with Gasteiger partial charge in [0.2, 0.25) is 6.16 Å². The van der Waals surface area contributed by atoms with Gasteiger partial charge in [-0.3, -0.25) is 34.5 Å². The lowest BCUT2D eigenvalue weighted by molar-refractivity contribution is -0.275. The van der Waals surface area contributed by atoms with Crippen molar-refractivity contribution in [2.75, 3.05) is 13.2 Å². The SMILES string of the molecule is NC(N)=O.O=C([O-])O.O=C1CCC(C2CCC(=O)CC2)CC1.O=C1CCC(C2CCOC(=O)CC2)CCO1.O=CO.OO. The van der Waals surface area contributed by atoms with Gasteiger partial charge in [0.25, 0.3) is 6.47 Å². The van der Waals surface area contributed by atoms with Crippen LogP contribution in [-0.4, -0.2) is 76.1 Å². The molecule has 2 saturated heterocycles. The predicted octanol–water partition coefficient (Wildman–Crippen LogP) is 1.81. The first-order chi connectivity index (χ1) is 20.4. The summed E-state index contributed by atoms with van der Waals surface area (Å²) in [5.74, 6) is 3.22. The zero-order chi connectivity index (χ0) is 33.2. The highest BCUT2D eigenvalue weighted by molar-refractivity contribution is 5.79. The Balaban J connectivity index is 0. The maximum Gasteiger partial charge on any atom is 0.309 e. The van der Waals surface area contributed by atoms with Gasteiger partial charge in [-0.1, -0.05) is 0 Å². The fourth-order valence-corrected chi connectivity index (χ4v) is 5.50. The van der Waals surface area contributed by atoms with E-state index in [-0.39, 0.29) is 18.4 Å². The van der Waals surface area contributed by atoms with Crippen molar-refractivity contribution < 1.29 is 68.9 Å². The number of amides is 2. The quantitative estimate of drug-likeness (QED) is 0.111. The van der Waals surface area contributed by atoms with Crippen LogP contribution in [0, 0.1) is 23.7 Å². The van der Waals surface area contributed by atoms with Gasteiger partial charge >= 0.3 is 18.0 Å². The second kappa shape index (κ2) is 25.9. The average molecular weight is 622 g/mol. The molecule has 2 aliphatic heterocycles. The van der Waals surface area contributed by atoms with E-state index >= 15 is 0 Å². The van der Waals surface area contributed by atoms with E-state index in [1.807, 2.05) is 0 Å². The molecular formula is C27H45N2O14-. The van der Waals surface area contributed by atoms with Crippen molar-refractivity contribution in [3.05, 3.63) is 0 Å². The van der Waals surface area contributed by atoms with Gasteiger partial charge in [0.15, 0.2) is 0 Å². The smallest absolute Gasteiger partial charge is 0.309 e. The van der Waals surface area contributed by atoms with Gasteiger partial charge in [-0.05, 0) is 75.0 Å². The number of esters is 2. The highest BCUT2D eigenvalue weighted by atomic mass is 17.0. The van der Waals surface area contributed by atoms with Crippen LogP contribution in [0.4, 0.5) is 9.59 Å². The molecule has 2 atom stereocenters. The number of nitrogens with two attached hydrogens (primary N) is 2. The molecule has 0 aromatic carbocycles. The first-order valence-electron chi connectivity index (χ1n) is 14.0. The van der Waals surface area contributed by atoms with E-state index in [0.717, 1.165) is 88.9 Å². The molecule has 8 N–H and O–H groups in total. The first kappa shape index (κ1) is 41.3. The van der Waals surface area contributed by atoms with Gasteiger partial charge in [0, 0.05) is 38.5 Å². The number of carboxylic acid groups (broad SMARTS) is 3. The molecule has 2 unspecified atom stereocenters. The third kappa shape index (κ3) is 23.5. The highest BCUT2D eigenvalue weighted by Crippen LogP contribution is 2.36. The van der Waals surface area contributed by atoms with Gasteiger partial charge in [-0.2, -0.15) is 0 Å².